The first-order valence-electron chi connectivity index (χ1n) is 8.35. The Morgan fingerprint density at radius 2 is 2.12 bits per heavy atom. The number of hydrogen-bond acceptors (Lipinski definition) is 5. The molecule has 1 aliphatic heterocycles. The molecule has 7 heteroatoms. The van der Waals surface area contributed by atoms with Crippen molar-refractivity contribution in [2.75, 3.05) is 33.4 Å². The summed E-state index contributed by atoms with van der Waals surface area (Å²) in [6.07, 6.45) is 2.08. The molecule has 0 saturated carbocycles. The number of hydrogen-bond donors (Lipinski definition) is 1. The van der Waals surface area contributed by atoms with Crippen molar-refractivity contribution in [1.82, 2.24) is 10.2 Å². The molecule has 1 aliphatic rings. The van der Waals surface area contributed by atoms with Gasteiger partial charge in [0.2, 0.25) is 0 Å². The molecular formula is C18H24N2O5. The van der Waals surface area contributed by atoms with E-state index in [0.29, 0.717) is 30.3 Å². The van der Waals surface area contributed by atoms with Gasteiger partial charge >= 0.3 is 5.97 Å². The lowest BCUT2D eigenvalue weighted by molar-refractivity contribution is -0.151. The molecule has 1 aromatic rings. The number of nitrogens with one attached hydrogen (secondary N) is 1. The molecule has 0 aliphatic carbocycles. The van der Waals surface area contributed by atoms with Crippen molar-refractivity contribution in [3.63, 3.8) is 0 Å². The number of amides is 2. The van der Waals surface area contributed by atoms with Crippen LogP contribution in [-0.4, -0.2) is 56.0 Å². The van der Waals surface area contributed by atoms with Crippen molar-refractivity contribution in [3.8, 4) is 5.75 Å². The van der Waals surface area contributed by atoms with Crippen LogP contribution in [0.4, 0.5) is 0 Å². The van der Waals surface area contributed by atoms with Gasteiger partial charge in [-0.05, 0) is 37.0 Å². The van der Waals surface area contributed by atoms with E-state index in [0.717, 1.165) is 12.8 Å². The summed E-state index contributed by atoms with van der Waals surface area (Å²) in [7, 11) is 1.51. The lowest BCUT2D eigenvalue weighted by Crippen LogP contribution is -2.42. The van der Waals surface area contributed by atoms with E-state index >= 15 is 0 Å². The van der Waals surface area contributed by atoms with Crippen LogP contribution in [0.15, 0.2) is 24.3 Å². The standard InChI is InChI=1S/C18H24N2O5/c1-13-5-4-8-20(11-13)16(21)12-25-17(22)10-19-18(23)14-6-3-7-15(9-14)24-2/h3,6-7,9,13H,4-5,8,10-12H2,1-2H3,(H,19,23)/t13-/m1/s1. The van der Waals surface area contributed by atoms with E-state index < -0.39 is 11.9 Å². The first-order chi connectivity index (χ1) is 12.0. The number of piperidine rings is 1. The minimum atomic E-state index is -0.644. The van der Waals surface area contributed by atoms with Crippen molar-refractivity contribution in [2.24, 2.45) is 5.92 Å². The van der Waals surface area contributed by atoms with Gasteiger partial charge in [0, 0.05) is 18.7 Å². The summed E-state index contributed by atoms with van der Waals surface area (Å²) in [5.41, 5.74) is 0.380. The summed E-state index contributed by atoms with van der Waals surface area (Å²) >= 11 is 0. The molecule has 0 aromatic heterocycles. The molecular weight excluding hydrogens is 324 g/mol. The van der Waals surface area contributed by atoms with Gasteiger partial charge in [-0.15, -0.1) is 0 Å². The van der Waals surface area contributed by atoms with Crippen LogP contribution in [0, 0.1) is 5.92 Å². The quantitative estimate of drug-likeness (QED) is 0.782. The zero-order valence-corrected chi connectivity index (χ0v) is 14.6. The SMILES string of the molecule is COc1cccc(C(=O)NCC(=O)OCC(=O)N2CCC[C@@H](C)C2)c1. The van der Waals surface area contributed by atoms with Crippen molar-refractivity contribution < 1.29 is 23.9 Å². The highest BCUT2D eigenvalue weighted by molar-refractivity contribution is 5.96. The number of likely N-dealkylation sites (tertiary alicyclic amines) is 1. The van der Waals surface area contributed by atoms with Gasteiger partial charge in [0.05, 0.1) is 7.11 Å². The second kappa shape index (κ2) is 9.05. The fraction of sp³-hybridized carbons (Fsp3) is 0.500. The predicted octanol–water partition coefficient (Wildman–Crippen LogP) is 1.23. The van der Waals surface area contributed by atoms with Crippen LogP contribution in [0.5, 0.6) is 5.75 Å². The minimum absolute atomic E-state index is 0.195. The van der Waals surface area contributed by atoms with E-state index in [-0.39, 0.29) is 19.1 Å². The van der Waals surface area contributed by atoms with Crippen molar-refractivity contribution in [2.45, 2.75) is 19.8 Å². The number of rotatable bonds is 6. The van der Waals surface area contributed by atoms with Gasteiger partial charge in [-0.25, -0.2) is 0 Å². The van der Waals surface area contributed by atoms with Crippen molar-refractivity contribution in [3.05, 3.63) is 29.8 Å². The highest BCUT2D eigenvalue weighted by Crippen LogP contribution is 2.15. The van der Waals surface area contributed by atoms with Crippen LogP contribution in [0.25, 0.3) is 0 Å². The smallest absolute Gasteiger partial charge is 0.325 e. The molecule has 7 nitrogen and oxygen atoms in total. The molecule has 2 amide bonds. The lowest BCUT2D eigenvalue weighted by atomic mass is 10.0. The molecule has 1 aromatic carbocycles. The Morgan fingerprint density at radius 1 is 1.32 bits per heavy atom. The zero-order chi connectivity index (χ0) is 18.2. The minimum Gasteiger partial charge on any atom is -0.497 e. The summed E-state index contributed by atoms with van der Waals surface area (Å²) in [5, 5.41) is 2.47. The molecule has 136 valence electrons. The molecule has 1 heterocycles. The lowest BCUT2D eigenvalue weighted by Gasteiger charge is -2.30. The fourth-order valence-electron chi connectivity index (χ4n) is 2.72. The summed E-state index contributed by atoms with van der Waals surface area (Å²) in [4.78, 5) is 37.5. The molecule has 0 bridgehead atoms. The number of benzene rings is 1. The second-order valence-electron chi connectivity index (χ2n) is 6.16. The molecule has 25 heavy (non-hydrogen) atoms. The van der Waals surface area contributed by atoms with Gasteiger partial charge in [-0.1, -0.05) is 13.0 Å². The first kappa shape index (κ1) is 18.8. The van der Waals surface area contributed by atoms with E-state index in [1.165, 1.54) is 7.11 Å². The Morgan fingerprint density at radius 3 is 2.84 bits per heavy atom. The van der Waals surface area contributed by atoms with Crippen LogP contribution in [-0.2, 0) is 14.3 Å². The maximum atomic E-state index is 12.0. The Balaban J connectivity index is 1.73. The van der Waals surface area contributed by atoms with Crippen LogP contribution < -0.4 is 10.1 Å². The summed E-state index contributed by atoms with van der Waals surface area (Å²) in [6.45, 7) is 2.91. The van der Waals surface area contributed by atoms with Gasteiger partial charge < -0.3 is 19.7 Å². The highest BCUT2D eigenvalue weighted by Gasteiger charge is 2.21. The largest absolute Gasteiger partial charge is 0.497 e. The van der Waals surface area contributed by atoms with E-state index in [1.807, 2.05) is 0 Å². The number of carbonyl (C=O) groups is 3. The normalized spacial score (nSPS) is 16.9. The molecule has 1 fully saturated rings. The third kappa shape index (κ3) is 5.77. The maximum Gasteiger partial charge on any atom is 0.325 e. The number of esters is 1. The molecule has 1 N–H and O–H groups in total. The van der Waals surface area contributed by atoms with Crippen LogP contribution in [0.3, 0.4) is 0 Å². The van der Waals surface area contributed by atoms with Gasteiger partial charge in [0.15, 0.2) is 6.61 Å². The van der Waals surface area contributed by atoms with Crippen LogP contribution in [0.2, 0.25) is 0 Å². The van der Waals surface area contributed by atoms with Gasteiger partial charge in [0.25, 0.3) is 11.8 Å². The zero-order valence-electron chi connectivity index (χ0n) is 14.6. The Kier molecular flexibility index (Phi) is 6.80. The summed E-state index contributed by atoms with van der Waals surface area (Å²) in [6, 6.07) is 6.59. The summed E-state index contributed by atoms with van der Waals surface area (Å²) < 4.78 is 10.0. The van der Waals surface area contributed by atoms with E-state index in [9.17, 15) is 14.4 Å². The summed E-state index contributed by atoms with van der Waals surface area (Å²) in [5.74, 6) is -0.229. The predicted molar refractivity (Wildman–Crippen MR) is 91.3 cm³/mol. The molecule has 0 unspecified atom stereocenters. The molecule has 2 rings (SSSR count). The maximum absolute atomic E-state index is 12.0. The Hall–Kier alpha value is -2.57. The molecule has 1 atom stereocenters. The van der Waals surface area contributed by atoms with E-state index in [4.69, 9.17) is 9.47 Å². The number of methoxy groups -OCH3 is 1. The van der Waals surface area contributed by atoms with Crippen molar-refractivity contribution in [1.29, 1.82) is 0 Å². The second-order valence-corrected chi connectivity index (χ2v) is 6.16. The topological polar surface area (TPSA) is 84.9 Å². The molecule has 0 radical (unpaired) electrons. The van der Waals surface area contributed by atoms with Crippen molar-refractivity contribution >= 4 is 17.8 Å². The number of nitrogens with zero attached hydrogens (tertiary/aromatic N) is 1. The van der Waals surface area contributed by atoms with Gasteiger partial charge in [-0.3, -0.25) is 14.4 Å². The highest BCUT2D eigenvalue weighted by atomic mass is 16.5. The number of ether oxygens (including phenoxy) is 2. The average Bonchev–Trinajstić information content (AvgIpc) is 2.64. The van der Waals surface area contributed by atoms with E-state index in [2.05, 4.69) is 12.2 Å². The Labute approximate surface area is 147 Å². The average molecular weight is 348 g/mol. The third-order valence-electron chi connectivity index (χ3n) is 4.09. The Bertz CT molecular complexity index is 632. The first-order valence-corrected chi connectivity index (χ1v) is 8.35. The third-order valence-corrected chi connectivity index (χ3v) is 4.09. The number of carbonyl (C=O) groups excluding carboxylic acids is 3. The van der Waals surface area contributed by atoms with Gasteiger partial charge in [0.1, 0.15) is 12.3 Å². The monoisotopic (exact) mass is 348 g/mol. The fourth-order valence-corrected chi connectivity index (χ4v) is 2.72. The van der Waals surface area contributed by atoms with E-state index in [1.54, 1.807) is 29.2 Å². The molecule has 1 saturated heterocycles. The van der Waals surface area contributed by atoms with Crippen LogP contribution in [0.1, 0.15) is 30.1 Å². The van der Waals surface area contributed by atoms with Gasteiger partial charge in [-0.2, -0.15) is 0 Å². The molecule has 0 spiro atoms. The van der Waals surface area contributed by atoms with Crippen LogP contribution >= 0.6 is 0 Å².